The fourth-order valence-electron chi connectivity index (χ4n) is 3.92. The van der Waals surface area contributed by atoms with Crippen LogP contribution in [0.1, 0.15) is 43.0 Å². The van der Waals surface area contributed by atoms with Crippen molar-refractivity contribution in [2.24, 2.45) is 5.41 Å². The molecular weight excluding hydrogens is 328 g/mol. The Bertz CT molecular complexity index is 812. The Balaban J connectivity index is 1.83. The number of aliphatic hydroxyl groups excluding tert-OH is 1. The summed E-state index contributed by atoms with van der Waals surface area (Å²) >= 11 is 0. The van der Waals surface area contributed by atoms with Crippen LogP contribution in [0.5, 0.6) is 0 Å². The quantitative estimate of drug-likeness (QED) is 0.867. The molecule has 2 aromatic rings. The van der Waals surface area contributed by atoms with Crippen LogP contribution < -0.4 is 5.56 Å². The second-order valence-electron chi connectivity index (χ2n) is 7.22. The zero-order valence-corrected chi connectivity index (χ0v) is 15.2. The first-order valence-electron chi connectivity index (χ1n) is 9.27. The second kappa shape index (κ2) is 7.87. The predicted molar refractivity (Wildman–Crippen MR) is 102 cm³/mol. The molecule has 26 heavy (non-hydrogen) atoms. The molecule has 1 fully saturated rings. The van der Waals surface area contributed by atoms with Crippen LogP contribution in [0.15, 0.2) is 47.3 Å². The average molecular weight is 354 g/mol. The van der Waals surface area contributed by atoms with Gasteiger partial charge >= 0.3 is 0 Å². The van der Waals surface area contributed by atoms with Crippen molar-refractivity contribution in [3.63, 3.8) is 0 Å². The van der Waals surface area contributed by atoms with Crippen LogP contribution >= 0.6 is 0 Å². The molecule has 1 aliphatic rings. The average Bonchev–Trinajstić information content (AvgIpc) is 2.68. The van der Waals surface area contributed by atoms with Crippen LogP contribution in [-0.2, 0) is 0 Å². The molecule has 1 unspecified atom stereocenters. The molecule has 0 saturated carbocycles. The van der Waals surface area contributed by atoms with Crippen LogP contribution in [0.2, 0.25) is 0 Å². The summed E-state index contributed by atoms with van der Waals surface area (Å²) in [6.07, 6.45) is 3.63. The molecule has 0 spiro atoms. The number of aliphatic hydroxyl groups is 1. The van der Waals surface area contributed by atoms with Gasteiger partial charge in [0.2, 0.25) is 0 Å². The van der Waals surface area contributed by atoms with Gasteiger partial charge in [0.15, 0.2) is 0 Å². The number of piperidine rings is 1. The number of rotatable bonds is 5. The molecule has 1 aliphatic heterocycles. The standard InChI is InChI=1S/C21H26N2O3/c1-2-11-21(15-24)12-6-13-23(14-21)20(26)17-9-10-18(22-19(17)25)16-7-4-3-5-8-16/h3-5,7-10,24H,2,6,11-15H2,1H3,(H,22,25). The third-order valence-corrected chi connectivity index (χ3v) is 5.29. The molecule has 3 rings (SSSR count). The summed E-state index contributed by atoms with van der Waals surface area (Å²) in [5, 5.41) is 9.85. The van der Waals surface area contributed by atoms with Crippen molar-refractivity contribution in [2.75, 3.05) is 19.7 Å². The minimum absolute atomic E-state index is 0.0773. The van der Waals surface area contributed by atoms with E-state index in [1.54, 1.807) is 17.0 Å². The number of H-pyrrole nitrogens is 1. The molecular formula is C21H26N2O3. The van der Waals surface area contributed by atoms with E-state index in [9.17, 15) is 14.7 Å². The highest BCUT2D eigenvalue weighted by atomic mass is 16.3. The largest absolute Gasteiger partial charge is 0.396 e. The molecule has 1 aromatic heterocycles. The second-order valence-corrected chi connectivity index (χ2v) is 7.22. The zero-order chi connectivity index (χ0) is 18.6. The third-order valence-electron chi connectivity index (χ3n) is 5.29. The molecule has 0 radical (unpaired) electrons. The number of nitrogens with zero attached hydrogens (tertiary/aromatic N) is 1. The van der Waals surface area contributed by atoms with Crippen molar-refractivity contribution < 1.29 is 9.90 Å². The smallest absolute Gasteiger partial charge is 0.261 e. The Morgan fingerprint density at radius 3 is 2.65 bits per heavy atom. The summed E-state index contributed by atoms with van der Waals surface area (Å²) in [6, 6.07) is 12.9. The lowest BCUT2D eigenvalue weighted by Gasteiger charge is -2.41. The van der Waals surface area contributed by atoms with Crippen molar-refractivity contribution in [2.45, 2.75) is 32.6 Å². The summed E-state index contributed by atoms with van der Waals surface area (Å²) in [7, 11) is 0. The van der Waals surface area contributed by atoms with Crippen LogP contribution in [0.3, 0.4) is 0 Å². The Morgan fingerprint density at radius 2 is 2.00 bits per heavy atom. The number of hydrogen-bond acceptors (Lipinski definition) is 3. The van der Waals surface area contributed by atoms with E-state index in [2.05, 4.69) is 11.9 Å². The van der Waals surface area contributed by atoms with Gasteiger partial charge < -0.3 is 15.0 Å². The summed E-state index contributed by atoms with van der Waals surface area (Å²) in [6.45, 7) is 3.30. The maximum absolute atomic E-state index is 12.9. The molecule has 5 heteroatoms. The number of amides is 1. The molecule has 2 heterocycles. The monoisotopic (exact) mass is 354 g/mol. The van der Waals surface area contributed by atoms with E-state index >= 15 is 0 Å². The van der Waals surface area contributed by atoms with Crippen LogP contribution in [-0.4, -0.2) is 40.6 Å². The Labute approximate surface area is 153 Å². The van der Waals surface area contributed by atoms with E-state index in [1.165, 1.54) is 0 Å². The molecule has 5 nitrogen and oxygen atoms in total. The van der Waals surface area contributed by atoms with E-state index in [0.717, 1.165) is 31.2 Å². The highest BCUT2D eigenvalue weighted by Gasteiger charge is 2.36. The van der Waals surface area contributed by atoms with Gasteiger partial charge in [-0.1, -0.05) is 43.7 Å². The van der Waals surface area contributed by atoms with Gasteiger partial charge in [-0.3, -0.25) is 9.59 Å². The number of likely N-dealkylation sites (tertiary alicyclic amines) is 1. The van der Waals surface area contributed by atoms with E-state index in [0.29, 0.717) is 18.8 Å². The predicted octanol–water partition coefficient (Wildman–Crippen LogP) is 3.06. The van der Waals surface area contributed by atoms with E-state index in [4.69, 9.17) is 0 Å². The van der Waals surface area contributed by atoms with Crippen LogP contribution in [0.25, 0.3) is 11.3 Å². The van der Waals surface area contributed by atoms with Gasteiger partial charge in [-0.25, -0.2) is 0 Å². The van der Waals surface area contributed by atoms with E-state index in [1.807, 2.05) is 30.3 Å². The van der Waals surface area contributed by atoms with Gasteiger partial charge in [-0.2, -0.15) is 0 Å². The highest BCUT2D eigenvalue weighted by molar-refractivity contribution is 5.94. The maximum atomic E-state index is 12.9. The number of benzene rings is 1. The fraction of sp³-hybridized carbons (Fsp3) is 0.429. The van der Waals surface area contributed by atoms with Gasteiger partial charge in [0.25, 0.3) is 11.5 Å². The Kier molecular flexibility index (Phi) is 5.57. The summed E-state index contributed by atoms with van der Waals surface area (Å²) in [5.74, 6) is -0.250. The molecule has 138 valence electrons. The normalized spacial score (nSPS) is 20.2. The van der Waals surface area contributed by atoms with Crippen molar-refractivity contribution >= 4 is 5.91 Å². The van der Waals surface area contributed by atoms with E-state index < -0.39 is 0 Å². The molecule has 1 aromatic carbocycles. The van der Waals surface area contributed by atoms with Crippen molar-refractivity contribution in [1.29, 1.82) is 0 Å². The topological polar surface area (TPSA) is 73.4 Å². The molecule has 1 saturated heterocycles. The number of aromatic nitrogens is 1. The first-order valence-corrected chi connectivity index (χ1v) is 9.27. The minimum atomic E-state index is -0.369. The minimum Gasteiger partial charge on any atom is -0.396 e. The maximum Gasteiger partial charge on any atom is 0.261 e. The molecule has 1 amide bonds. The summed E-state index contributed by atoms with van der Waals surface area (Å²) in [4.78, 5) is 29.9. The number of carbonyl (C=O) groups excluding carboxylic acids is 1. The van der Waals surface area contributed by atoms with Crippen LogP contribution in [0, 0.1) is 5.41 Å². The first-order chi connectivity index (χ1) is 12.6. The number of carbonyl (C=O) groups is 1. The lowest BCUT2D eigenvalue weighted by atomic mass is 9.77. The van der Waals surface area contributed by atoms with Crippen LogP contribution in [0.4, 0.5) is 0 Å². The molecule has 0 bridgehead atoms. The van der Waals surface area contributed by atoms with E-state index in [-0.39, 0.29) is 29.1 Å². The Hall–Kier alpha value is -2.40. The summed E-state index contributed by atoms with van der Waals surface area (Å²) < 4.78 is 0. The number of nitrogens with one attached hydrogen (secondary N) is 1. The molecule has 2 N–H and O–H groups in total. The number of aromatic amines is 1. The number of hydrogen-bond donors (Lipinski definition) is 2. The third kappa shape index (κ3) is 3.73. The van der Waals surface area contributed by atoms with Gasteiger partial charge in [-0.15, -0.1) is 0 Å². The first kappa shape index (κ1) is 18.4. The highest BCUT2D eigenvalue weighted by Crippen LogP contribution is 2.34. The fourth-order valence-corrected chi connectivity index (χ4v) is 3.92. The van der Waals surface area contributed by atoms with Gasteiger partial charge in [0.05, 0.1) is 6.61 Å². The summed E-state index contributed by atoms with van der Waals surface area (Å²) in [5.41, 5.74) is 1.16. The molecule has 0 aliphatic carbocycles. The van der Waals surface area contributed by atoms with Gasteiger partial charge in [0.1, 0.15) is 5.56 Å². The number of pyridine rings is 1. The van der Waals surface area contributed by atoms with Crippen molar-refractivity contribution in [3.05, 3.63) is 58.4 Å². The van der Waals surface area contributed by atoms with Crippen molar-refractivity contribution in [1.82, 2.24) is 9.88 Å². The van der Waals surface area contributed by atoms with Gasteiger partial charge in [0, 0.05) is 24.2 Å². The SMILES string of the molecule is CCCC1(CO)CCCN(C(=O)c2ccc(-c3ccccc3)[nH]c2=O)C1. The van der Waals surface area contributed by atoms with Gasteiger partial charge in [-0.05, 0) is 37.0 Å². The Morgan fingerprint density at radius 1 is 1.23 bits per heavy atom. The lowest BCUT2D eigenvalue weighted by molar-refractivity contribution is 0.0221. The van der Waals surface area contributed by atoms with Crippen molar-refractivity contribution in [3.8, 4) is 11.3 Å². The lowest BCUT2D eigenvalue weighted by Crippen LogP contribution is -2.48. The molecule has 1 atom stereocenters. The zero-order valence-electron chi connectivity index (χ0n) is 15.2.